The molecule has 0 nitrogen and oxygen atoms in total. The van der Waals surface area contributed by atoms with Gasteiger partial charge in [0.15, 0.2) is 0 Å². The fourth-order valence-corrected chi connectivity index (χ4v) is 2.24. The molecule has 0 atom stereocenters. The summed E-state index contributed by atoms with van der Waals surface area (Å²) in [5.41, 5.74) is 4.15. The lowest BCUT2D eigenvalue weighted by atomic mass is 10.1. The van der Waals surface area contributed by atoms with Crippen molar-refractivity contribution in [1.82, 2.24) is 0 Å². The second kappa shape index (κ2) is 3.97. The number of thiophene rings is 1. The summed E-state index contributed by atoms with van der Waals surface area (Å²) in [4.78, 5) is 1.40. The Kier molecular flexibility index (Phi) is 2.69. The molecule has 0 fully saturated rings. The van der Waals surface area contributed by atoms with Crippen molar-refractivity contribution in [2.75, 3.05) is 0 Å². The van der Waals surface area contributed by atoms with Gasteiger partial charge in [-0.3, -0.25) is 0 Å². The zero-order valence-corrected chi connectivity index (χ0v) is 9.40. The lowest BCUT2D eigenvalue weighted by Crippen LogP contribution is -1.85. The maximum absolute atomic E-state index is 2.27. The molecular formula is C13H14S. The molecule has 0 aliphatic heterocycles. The van der Waals surface area contributed by atoms with Crippen molar-refractivity contribution < 1.29 is 0 Å². The average Bonchev–Trinajstić information content (AvgIpc) is 2.56. The lowest BCUT2D eigenvalue weighted by molar-refractivity contribution is 1.20. The third-order valence-electron chi connectivity index (χ3n) is 2.31. The minimum Gasteiger partial charge on any atom is -0.149 e. The van der Waals surface area contributed by atoms with E-state index in [9.17, 15) is 0 Å². The molecule has 0 spiro atoms. The van der Waals surface area contributed by atoms with E-state index in [0.717, 1.165) is 6.42 Å². The normalized spacial score (nSPS) is 10.4. The first-order valence-corrected chi connectivity index (χ1v) is 5.71. The number of hydrogen-bond acceptors (Lipinski definition) is 1. The summed E-state index contributed by atoms with van der Waals surface area (Å²) in [5, 5.41) is 2.25. The van der Waals surface area contributed by atoms with Crippen LogP contribution in [-0.2, 0) is 6.42 Å². The highest BCUT2D eigenvalue weighted by molar-refractivity contribution is 7.10. The quantitative estimate of drug-likeness (QED) is 0.691. The van der Waals surface area contributed by atoms with Crippen molar-refractivity contribution >= 4 is 11.3 Å². The van der Waals surface area contributed by atoms with E-state index in [4.69, 9.17) is 0 Å². The van der Waals surface area contributed by atoms with E-state index >= 15 is 0 Å². The molecule has 0 saturated heterocycles. The molecule has 0 saturated carbocycles. The Bertz CT molecular complexity index is 409. The summed E-state index contributed by atoms with van der Waals surface area (Å²) >= 11 is 1.83. The molecule has 0 aliphatic rings. The van der Waals surface area contributed by atoms with E-state index in [2.05, 4.69) is 49.6 Å². The van der Waals surface area contributed by atoms with E-state index in [0.29, 0.717) is 0 Å². The molecule has 2 aromatic rings. The zero-order chi connectivity index (χ0) is 9.97. The van der Waals surface area contributed by atoms with Crippen molar-refractivity contribution in [2.45, 2.75) is 20.3 Å². The van der Waals surface area contributed by atoms with Crippen molar-refractivity contribution in [3.8, 4) is 0 Å². The molecule has 0 bridgehead atoms. The minimum absolute atomic E-state index is 1.06. The van der Waals surface area contributed by atoms with Crippen molar-refractivity contribution in [3.63, 3.8) is 0 Å². The topological polar surface area (TPSA) is 0 Å². The van der Waals surface area contributed by atoms with Crippen LogP contribution in [0.4, 0.5) is 0 Å². The second-order valence-electron chi connectivity index (χ2n) is 3.73. The van der Waals surface area contributed by atoms with Gasteiger partial charge in [0.2, 0.25) is 0 Å². The molecule has 0 amide bonds. The van der Waals surface area contributed by atoms with E-state index in [1.807, 2.05) is 11.3 Å². The zero-order valence-electron chi connectivity index (χ0n) is 8.58. The minimum atomic E-state index is 1.06. The third-order valence-corrected chi connectivity index (χ3v) is 3.22. The van der Waals surface area contributed by atoms with Crippen LogP contribution in [0.25, 0.3) is 0 Å². The van der Waals surface area contributed by atoms with Gasteiger partial charge >= 0.3 is 0 Å². The van der Waals surface area contributed by atoms with Gasteiger partial charge in [-0.1, -0.05) is 29.8 Å². The monoisotopic (exact) mass is 202 g/mol. The average molecular weight is 202 g/mol. The maximum Gasteiger partial charge on any atom is 0.00171 e. The van der Waals surface area contributed by atoms with Crippen LogP contribution in [0.3, 0.4) is 0 Å². The lowest BCUT2D eigenvalue weighted by Gasteiger charge is -1.99. The Morgan fingerprint density at radius 1 is 1.00 bits per heavy atom. The summed E-state index contributed by atoms with van der Waals surface area (Å²) in [7, 11) is 0. The van der Waals surface area contributed by atoms with Crippen LogP contribution in [0.15, 0.2) is 35.7 Å². The summed E-state index contributed by atoms with van der Waals surface area (Å²) in [6.45, 7) is 4.28. The number of benzene rings is 1. The fourth-order valence-electron chi connectivity index (χ4n) is 1.53. The van der Waals surface area contributed by atoms with Crippen molar-refractivity contribution in [1.29, 1.82) is 0 Å². The first-order valence-electron chi connectivity index (χ1n) is 4.83. The highest BCUT2D eigenvalue weighted by Crippen LogP contribution is 2.17. The summed E-state index contributed by atoms with van der Waals surface area (Å²) in [6, 6.07) is 11.0. The molecule has 0 aliphatic carbocycles. The van der Waals surface area contributed by atoms with Crippen LogP contribution in [0.5, 0.6) is 0 Å². The van der Waals surface area contributed by atoms with Crippen LogP contribution in [0.2, 0.25) is 0 Å². The van der Waals surface area contributed by atoms with Gasteiger partial charge in [-0.25, -0.2) is 0 Å². The van der Waals surface area contributed by atoms with Gasteiger partial charge in [0.05, 0.1) is 0 Å². The molecule has 1 heteroatoms. The van der Waals surface area contributed by atoms with Crippen molar-refractivity contribution in [3.05, 3.63) is 57.3 Å². The summed E-state index contributed by atoms with van der Waals surface area (Å²) in [5.74, 6) is 0. The van der Waals surface area contributed by atoms with Crippen LogP contribution < -0.4 is 0 Å². The highest BCUT2D eigenvalue weighted by atomic mass is 32.1. The molecule has 0 unspecified atom stereocenters. The van der Waals surface area contributed by atoms with Crippen LogP contribution in [0.1, 0.15) is 21.6 Å². The Morgan fingerprint density at radius 3 is 2.29 bits per heavy atom. The third kappa shape index (κ3) is 2.24. The second-order valence-corrected chi connectivity index (χ2v) is 4.84. The first kappa shape index (κ1) is 9.47. The Labute approximate surface area is 89.2 Å². The van der Waals surface area contributed by atoms with E-state index in [1.165, 1.54) is 21.6 Å². The number of hydrogen-bond donors (Lipinski definition) is 0. The molecule has 1 heterocycles. The molecule has 1 aromatic heterocycles. The van der Waals surface area contributed by atoms with Gasteiger partial charge in [0.25, 0.3) is 0 Å². The molecule has 0 radical (unpaired) electrons. The molecule has 0 N–H and O–H groups in total. The molecular weight excluding hydrogens is 188 g/mol. The van der Waals surface area contributed by atoms with Gasteiger partial charge < -0.3 is 0 Å². The van der Waals surface area contributed by atoms with Crippen LogP contribution >= 0.6 is 11.3 Å². The van der Waals surface area contributed by atoms with Gasteiger partial charge in [-0.2, -0.15) is 0 Å². The fraction of sp³-hybridized carbons (Fsp3) is 0.231. The van der Waals surface area contributed by atoms with Crippen LogP contribution in [0, 0.1) is 13.8 Å². The number of aryl methyl sites for hydroxylation is 2. The number of rotatable bonds is 2. The largest absolute Gasteiger partial charge is 0.149 e. The van der Waals surface area contributed by atoms with Gasteiger partial charge in [0, 0.05) is 4.88 Å². The first-order chi connectivity index (χ1) is 6.74. The molecule has 14 heavy (non-hydrogen) atoms. The Hall–Kier alpha value is -1.08. The molecule has 2 rings (SSSR count). The summed E-state index contributed by atoms with van der Waals surface area (Å²) < 4.78 is 0. The van der Waals surface area contributed by atoms with Gasteiger partial charge in [-0.05, 0) is 42.8 Å². The van der Waals surface area contributed by atoms with Crippen LogP contribution in [-0.4, -0.2) is 0 Å². The SMILES string of the molecule is Cc1ccc(Cc2csc(C)c2)cc1. The Morgan fingerprint density at radius 2 is 1.71 bits per heavy atom. The smallest absolute Gasteiger partial charge is 0.00171 e. The van der Waals surface area contributed by atoms with E-state index in [1.54, 1.807) is 0 Å². The van der Waals surface area contributed by atoms with E-state index < -0.39 is 0 Å². The van der Waals surface area contributed by atoms with Crippen molar-refractivity contribution in [2.24, 2.45) is 0 Å². The molecule has 72 valence electrons. The predicted octanol–water partition coefficient (Wildman–Crippen LogP) is 3.96. The Balaban J connectivity index is 2.15. The van der Waals surface area contributed by atoms with E-state index in [-0.39, 0.29) is 0 Å². The highest BCUT2D eigenvalue weighted by Gasteiger charge is 1.98. The van der Waals surface area contributed by atoms with Gasteiger partial charge in [-0.15, -0.1) is 11.3 Å². The van der Waals surface area contributed by atoms with Gasteiger partial charge in [0.1, 0.15) is 0 Å². The predicted molar refractivity (Wildman–Crippen MR) is 63.0 cm³/mol. The standard InChI is InChI=1S/C13H14S/c1-10-3-5-12(6-4-10)8-13-7-11(2)14-9-13/h3-7,9H,8H2,1-2H3. The molecule has 1 aromatic carbocycles. The summed E-state index contributed by atoms with van der Waals surface area (Å²) in [6.07, 6.45) is 1.06. The maximum atomic E-state index is 2.27.